The zero-order chi connectivity index (χ0) is 15.6. The van der Waals surface area contributed by atoms with E-state index in [0.717, 1.165) is 18.6 Å². The van der Waals surface area contributed by atoms with E-state index in [0.29, 0.717) is 19.6 Å². The third-order valence-corrected chi connectivity index (χ3v) is 3.55. The van der Waals surface area contributed by atoms with Crippen molar-refractivity contribution >= 4 is 11.6 Å². The lowest BCUT2D eigenvalue weighted by molar-refractivity contribution is -0.385. The van der Waals surface area contributed by atoms with Crippen molar-refractivity contribution in [1.82, 2.24) is 5.32 Å². The molecule has 1 fully saturated rings. The van der Waals surface area contributed by atoms with Crippen LogP contribution in [0.15, 0.2) is 12.1 Å². The number of nitro groups is 1. The van der Waals surface area contributed by atoms with Crippen molar-refractivity contribution in [3.05, 3.63) is 39.2 Å². The van der Waals surface area contributed by atoms with Crippen molar-refractivity contribution in [1.29, 1.82) is 0 Å². The number of nitrogens with one attached hydrogen (secondary N) is 1. The molecule has 1 aromatic carbocycles. The van der Waals surface area contributed by atoms with E-state index >= 15 is 0 Å². The van der Waals surface area contributed by atoms with Gasteiger partial charge in [-0.3, -0.25) is 14.9 Å². The number of aryl methyl sites for hydroxylation is 1. The number of rotatable bonds is 3. The van der Waals surface area contributed by atoms with Gasteiger partial charge in [0.15, 0.2) is 0 Å². The Kier molecular flexibility index (Phi) is 4.22. The number of hydrogen-bond donors (Lipinski definition) is 1. The van der Waals surface area contributed by atoms with Crippen molar-refractivity contribution in [2.75, 3.05) is 13.2 Å². The van der Waals surface area contributed by atoms with Crippen molar-refractivity contribution in [2.45, 2.75) is 32.2 Å². The average molecular weight is 296 g/mol. The van der Waals surface area contributed by atoms with Crippen LogP contribution in [-0.4, -0.2) is 29.6 Å². The summed E-state index contributed by atoms with van der Waals surface area (Å²) in [6.45, 7) is 4.18. The van der Waals surface area contributed by atoms with Crippen LogP contribution >= 0.6 is 0 Å². The molecule has 0 saturated carbocycles. The van der Waals surface area contributed by atoms with Crippen LogP contribution in [0.5, 0.6) is 0 Å². The van der Waals surface area contributed by atoms with E-state index in [1.807, 2.05) is 6.92 Å². The number of nitrogens with zero attached hydrogens (tertiary/aromatic N) is 1. The van der Waals surface area contributed by atoms with Gasteiger partial charge in [0.05, 0.1) is 22.6 Å². The number of carbonyl (C=O) groups excluding carboxylic acids is 1. The minimum atomic E-state index is -0.738. The molecule has 1 atom stereocenters. The van der Waals surface area contributed by atoms with Crippen LogP contribution < -0.4 is 5.32 Å². The van der Waals surface area contributed by atoms with Gasteiger partial charge >= 0.3 is 0 Å². The molecule has 1 heterocycles. The highest BCUT2D eigenvalue weighted by molar-refractivity contribution is 5.95. The van der Waals surface area contributed by atoms with E-state index in [9.17, 15) is 19.3 Å². The van der Waals surface area contributed by atoms with Gasteiger partial charge in [-0.15, -0.1) is 0 Å². The molecule has 114 valence electrons. The van der Waals surface area contributed by atoms with Crippen molar-refractivity contribution in [3.63, 3.8) is 0 Å². The largest absolute Gasteiger partial charge is 0.379 e. The Bertz CT molecular complexity index is 583. The molecule has 2 rings (SSSR count). The lowest BCUT2D eigenvalue weighted by Gasteiger charge is -2.34. The molecular formula is C14H17FN2O4. The summed E-state index contributed by atoms with van der Waals surface area (Å²) in [5.74, 6) is -1.40. The lowest BCUT2D eigenvalue weighted by atomic mass is 9.94. The minimum Gasteiger partial charge on any atom is -0.379 e. The molecule has 0 spiro atoms. The lowest BCUT2D eigenvalue weighted by Crippen LogP contribution is -2.51. The summed E-state index contributed by atoms with van der Waals surface area (Å²) in [6, 6.07) is 2.07. The number of halogens is 1. The molecule has 1 saturated heterocycles. The van der Waals surface area contributed by atoms with Crippen LogP contribution in [0.3, 0.4) is 0 Å². The second-order valence-corrected chi connectivity index (χ2v) is 5.55. The fourth-order valence-electron chi connectivity index (χ4n) is 2.40. The van der Waals surface area contributed by atoms with Gasteiger partial charge in [-0.1, -0.05) is 0 Å². The predicted octanol–water partition coefficient (Wildman–Crippen LogP) is 2.34. The van der Waals surface area contributed by atoms with Gasteiger partial charge in [-0.05, 0) is 32.3 Å². The van der Waals surface area contributed by atoms with Crippen LogP contribution in [-0.2, 0) is 4.74 Å². The summed E-state index contributed by atoms with van der Waals surface area (Å²) >= 11 is 0. The van der Waals surface area contributed by atoms with E-state index in [1.54, 1.807) is 0 Å². The molecule has 0 aliphatic carbocycles. The highest BCUT2D eigenvalue weighted by Gasteiger charge is 2.31. The standard InChI is InChI=1S/C14H17FN2O4/c1-9-6-10(17(19)20)7-11(12(9)15)13(18)16-14(2)4-3-5-21-8-14/h6-7H,3-5,8H2,1-2H3,(H,16,18). The first kappa shape index (κ1) is 15.4. The average Bonchev–Trinajstić information content (AvgIpc) is 2.41. The second-order valence-electron chi connectivity index (χ2n) is 5.55. The van der Waals surface area contributed by atoms with E-state index in [2.05, 4.69) is 5.32 Å². The van der Waals surface area contributed by atoms with E-state index in [1.165, 1.54) is 6.92 Å². The maximum absolute atomic E-state index is 14.1. The van der Waals surface area contributed by atoms with Crippen LogP contribution in [0, 0.1) is 22.9 Å². The number of non-ortho nitro benzene ring substituents is 1. The second kappa shape index (κ2) is 5.77. The molecule has 0 radical (unpaired) electrons. The molecular weight excluding hydrogens is 279 g/mol. The maximum Gasteiger partial charge on any atom is 0.270 e. The number of amides is 1. The van der Waals surface area contributed by atoms with Gasteiger partial charge in [0, 0.05) is 18.7 Å². The smallest absolute Gasteiger partial charge is 0.270 e. The van der Waals surface area contributed by atoms with Gasteiger partial charge in [-0.25, -0.2) is 4.39 Å². The molecule has 1 aliphatic rings. The topological polar surface area (TPSA) is 81.5 Å². The summed E-state index contributed by atoms with van der Waals surface area (Å²) in [5, 5.41) is 13.5. The maximum atomic E-state index is 14.1. The van der Waals surface area contributed by atoms with Crippen LogP contribution in [0.2, 0.25) is 0 Å². The van der Waals surface area contributed by atoms with Crippen LogP contribution in [0.25, 0.3) is 0 Å². The minimum absolute atomic E-state index is 0.0689. The summed E-state index contributed by atoms with van der Waals surface area (Å²) in [5.41, 5.74) is -1.13. The fourth-order valence-corrected chi connectivity index (χ4v) is 2.40. The predicted molar refractivity (Wildman–Crippen MR) is 73.7 cm³/mol. The Morgan fingerprint density at radius 2 is 2.24 bits per heavy atom. The summed E-state index contributed by atoms with van der Waals surface area (Å²) < 4.78 is 19.4. The molecule has 0 aromatic heterocycles. The molecule has 1 unspecified atom stereocenters. The number of nitro benzene ring substituents is 1. The quantitative estimate of drug-likeness (QED) is 0.685. The van der Waals surface area contributed by atoms with Gasteiger partial charge in [0.2, 0.25) is 0 Å². The van der Waals surface area contributed by atoms with Crippen LogP contribution in [0.1, 0.15) is 35.7 Å². The van der Waals surface area contributed by atoms with Crippen molar-refractivity contribution in [3.8, 4) is 0 Å². The summed E-state index contributed by atoms with van der Waals surface area (Å²) in [7, 11) is 0. The molecule has 0 bridgehead atoms. The highest BCUT2D eigenvalue weighted by atomic mass is 19.1. The molecule has 1 N–H and O–H groups in total. The number of ether oxygens (including phenoxy) is 1. The third-order valence-electron chi connectivity index (χ3n) is 3.55. The Morgan fingerprint density at radius 1 is 1.52 bits per heavy atom. The molecule has 1 aliphatic heterocycles. The van der Waals surface area contributed by atoms with Gasteiger partial charge < -0.3 is 10.1 Å². The Hall–Kier alpha value is -2.02. The number of carbonyl (C=O) groups is 1. The van der Waals surface area contributed by atoms with Gasteiger partial charge in [0.25, 0.3) is 11.6 Å². The number of benzene rings is 1. The molecule has 6 nitrogen and oxygen atoms in total. The van der Waals surface area contributed by atoms with Crippen molar-refractivity contribution in [2.24, 2.45) is 0 Å². The van der Waals surface area contributed by atoms with Gasteiger partial charge in [0.1, 0.15) is 5.82 Å². The monoisotopic (exact) mass is 296 g/mol. The third kappa shape index (κ3) is 3.36. The Morgan fingerprint density at radius 3 is 2.81 bits per heavy atom. The molecule has 1 aromatic rings. The summed E-state index contributed by atoms with van der Waals surface area (Å²) in [4.78, 5) is 22.4. The highest BCUT2D eigenvalue weighted by Crippen LogP contribution is 2.23. The Labute approximate surface area is 121 Å². The number of hydrogen-bond acceptors (Lipinski definition) is 4. The van der Waals surface area contributed by atoms with E-state index in [4.69, 9.17) is 4.74 Å². The zero-order valence-corrected chi connectivity index (χ0v) is 11.9. The Balaban J connectivity index is 2.28. The molecule has 7 heteroatoms. The van der Waals surface area contributed by atoms with Crippen molar-refractivity contribution < 1.29 is 18.8 Å². The first-order valence-electron chi connectivity index (χ1n) is 6.67. The van der Waals surface area contributed by atoms with E-state index in [-0.39, 0.29) is 16.8 Å². The van der Waals surface area contributed by atoms with Gasteiger partial charge in [-0.2, -0.15) is 0 Å². The SMILES string of the molecule is Cc1cc([N+](=O)[O-])cc(C(=O)NC2(C)CCCOC2)c1F. The zero-order valence-electron chi connectivity index (χ0n) is 11.9. The molecule has 21 heavy (non-hydrogen) atoms. The summed E-state index contributed by atoms with van der Waals surface area (Å²) in [6.07, 6.45) is 1.52. The normalized spacial score (nSPS) is 21.9. The first-order chi connectivity index (χ1) is 9.82. The van der Waals surface area contributed by atoms with E-state index < -0.39 is 22.2 Å². The fraction of sp³-hybridized carbons (Fsp3) is 0.500. The van der Waals surface area contributed by atoms with Crippen LogP contribution in [0.4, 0.5) is 10.1 Å². The molecule has 1 amide bonds. The first-order valence-corrected chi connectivity index (χ1v) is 6.67.